The van der Waals surface area contributed by atoms with Crippen molar-refractivity contribution >= 4 is 70.5 Å². The topological polar surface area (TPSA) is 25.6 Å². The van der Waals surface area contributed by atoms with E-state index in [-0.39, 0.29) is 5.41 Å². The highest BCUT2D eigenvalue weighted by Crippen LogP contribution is 2.63. The van der Waals surface area contributed by atoms with Crippen molar-refractivity contribution in [1.82, 2.24) is 0 Å². The second kappa shape index (κ2) is 12.1. The Morgan fingerprint density at radius 3 is 1.85 bits per heavy atom. The standard InChI is InChI=1S/C58H37NO2S/c1-57(2)43-17-6-3-14-36(43)38-28-26-35(31-47(38)57)59(34-27-29-51-41(30-34)39-16-5-10-22-50(39)60-51)49-21-13-25-54-56(49)42-32-40-37-15-4-7-18-44(37)58(48(40)33-55(42)62-54)45-19-8-11-23-52(45)61-53-24-12-9-20-46(53)58/h3-33H,1-2H3. The molecule has 0 saturated carbocycles. The molecule has 0 radical (unpaired) electrons. The number of nitrogens with zero attached hydrogens (tertiary/aromatic N) is 1. The van der Waals surface area contributed by atoms with E-state index in [2.05, 4.69) is 201 Å². The van der Waals surface area contributed by atoms with Gasteiger partial charge in [-0.3, -0.25) is 0 Å². The van der Waals surface area contributed by atoms with E-state index in [1.165, 1.54) is 75.8 Å². The van der Waals surface area contributed by atoms with E-state index in [9.17, 15) is 0 Å². The molecule has 2 aliphatic carbocycles. The Morgan fingerprint density at radius 1 is 0.419 bits per heavy atom. The van der Waals surface area contributed by atoms with Gasteiger partial charge in [-0.15, -0.1) is 11.3 Å². The fourth-order valence-electron chi connectivity index (χ4n) is 11.4. The van der Waals surface area contributed by atoms with Crippen molar-refractivity contribution in [3.8, 4) is 33.8 Å². The molecule has 3 heterocycles. The molecule has 62 heavy (non-hydrogen) atoms. The summed E-state index contributed by atoms with van der Waals surface area (Å²) >= 11 is 1.88. The minimum Gasteiger partial charge on any atom is -0.457 e. The van der Waals surface area contributed by atoms with Crippen molar-refractivity contribution in [2.24, 2.45) is 0 Å². The second-order valence-corrected chi connectivity index (χ2v) is 18.6. The van der Waals surface area contributed by atoms with Gasteiger partial charge in [-0.05, 0) is 117 Å². The molecule has 0 unspecified atom stereocenters. The summed E-state index contributed by atoms with van der Waals surface area (Å²) in [5.74, 6) is 1.82. The number of benzene rings is 9. The van der Waals surface area contributed by atoms with Crippen molar-refractivity contribution in [3.63, 3.8) is 0 Å². The van der Waals surface area contributed by atoms with E-state index in [1.807, 2.05) is 17.4 Å². The Hall–Kier alpha value is -7.40. The molecule has 14 rings (SSSR count). The second-order valence-electron chi connectivity index (χ2n) is 17.6. The van der Waals surface area contributed by atoms with E-state index in [1.54, 1.807) is 0 Å². The third-order valence-corrected chi connectivity index (χ3v) is 15.2. The maximum atomic E-state index is 6.65. The number of hydrogen-bond donors (Lipinski definition) is 0. The van der Waals surface area contributed by atoms with E-state index in [4.69, 9.17) is 9.15 Å². The van der Waals surface area contributed by atoms with Crippen molar-refractivity contribution in [1.29, 1.82) is 0 Å². The van der Waals surface area contributed by atoms with Crippen LogP contribution in [0, 0.1) is 0 Å². The van der Waals surface area contributed by atoms with Crippen LogP contribution < -0.4 is 9.64 Å². The molecule has 0 saturated heterocycles. The smallest absolute Gasteiger partial charge is 0.135 e. The summed E-state index contributed by atoms with van der Waals surface area (Å²) in [4.78, 5) is 2.49. The zero-order chi connectivity index (χ0) is 40.9. The summed E-state index contributed by atoms with van der Waals surface area (Å²) in [5, 5.41) is 4.74. The average Bonchev–Trinajstić information content (AvgIpc) is 4.02. The van der Waals surface area contributed by atoms with Crippen LogP contribution in [0.15, 0.2) is 192 Å². The first kappa shape index (κ1) is 34.3. The first-order valence-corrected chi connectivity index (χ1v) is 22.2. The summed E-state index contributed by atoms with van der Waals surface area (Å²) in [7, 11) is 0. The lowest BCUT2D eigenvalue weighted by Gasteiger charge is -2.39. The lowest BCUT2D eigenvalue weighted by Crippen LogP contribution is -2.32. The molecule has 0 atom stereocenters. The number of para-hydroxylation sites is 3. The van der Waals surface area contributed by atoms with E-state index in [0.29, 0.717) is 0 Å². The zero-order valence-corrected chi connectivity index (χ0v) is 34.9. The number of anilines is 3. The highest BCUT2D eigenvalue weighted by molar-refractivity contribution is 7.26. The van der Waals surface area contributed by atoms with Gasteiger partial charge in [0, 0.05) is 58.9 Å². The Labute approximate surface area is 362 Å². The van der Waals surface area contributed by atoms with Crippen LogP contribution in [0.4, 0.5) is 17.1 Å². The van der Waals surface area contributed by atoms with Crippen LogP contribution in [0.3, 0.4) is 0 Å². The predicted molar refractivity (Wildman–Crippen MR) is 256 cm³/mol. The van der Waals surface area contributed by atoms with Crippen LogP contribution in [0.25, 0.3) is 64.4 Å². The molecule has 4 heteroatoms. The number of rotatable bonds is 3. The van der Waals surface area contributed by atoms with Crippen LogP contribution in [0.2, 0.25) is 0 Å². The van der Waals surface area contributed by atoms with Gasteiger partial charge < -0.3 is 14.1 Å². The Balaban J connectivity index is 1.05. The molecule has 1 spiro atoms. The Kier molecular flexibility index (Phi) is 6.71. The largest absolute Gasteiger partial charge is 0.457 e. The summed E-state index contributed by atoms with van der Waals surface area (Å²) < 4.78 is 15.5. The molecule has 0 bridgehead atoms. The Morgan fingerprint density at radius 2 is 1.05 bits per heavy atom. The van der Waals surface area contributed by atoms with Gasteiger partial charge >= 0.3 is 0 Å². The predicted octanol–water partition coefficient (Wildman–Crippen LogP) is 16.2. The lowest BCUT2D eigenvalue weighted by atomic mass is 9.66. The molecular formula is C58H37NO2S. The molecule has 0 N–H and O–H groups in total. The summed E-state index contributed by atoms with van der Waals surface area (Å²) in [6, 6.07) is 69.1. The number of hydrogen-bond acceptors (Lipinski definition) is 4. The molecule has 9 aromatic carbocycles. The fraction of sp³-hybridized carbons (Fsp3) is 0.0690. The van der Waals surface area contributed by atoms with Gasteiger partial charge in [0.05, 0.1) is 11.1 Å². The normalized spacial score (nSPS) is 14.7. The molecule has 3 nitrogen and oxygen atoms in total. The SMILES string of the molecule is CC1(C)c2ccccc2-c2ccc(N(c3ccc4oc5ccccc5c4c3)c3cccc4sc5cc6c(cc5c34)-c3ccccc3C63c4ccccc4Oc4ccccc43)cc21. The van der Waals surface area contributed by atoms with Gasteiger partial charge in [0.15, 0.2) is 0 Å². The van der Waals surface area contributed by atoms with E-state index >= 15 is 0 Å². The van der Waals surface area contributed by atoms with Gasteiger partial charge in [0.1, 0.15) is 22.7 Å². The number of fused-ring (bicyclic) bond motifs is 18. The van der Waals surface area contributed by atoms with Crippen molar-refractivity contribution < 1.29 is 9.15 Å². The Bertz CT molecular complexity index is 3690. The van der Waals surface area contributed by atoms with Crippen LogP contribution in [0.1, 0.15) is 47.2 Å². The third kappa shape index (κ3) is 4.34. The lowest BCUT2D eigenvalue weighted by molar-refractivity contribution is 0.436. The fourth-order valence-corrected chi connectivity index (χ4v) is 12.6. The third-order valence-electron chi connectivity index (χ3n) is 14.1. The van der Waals surface area contributed by atoms with Gasteiger partial charge in [-0.2, -0.15) is 0 Å². The molecule has 2 aromatic heterocycles. The minimum absolute atomic E-state index is 0.148. The first-order chi connectivity index (χ1) is 30.5. The monoisotopic (exact) mass is 811 g/mol. The summed E-state index contributed by atoms with van der Waals surface area (Å²) in [6.45, 7) is 4.73. The number of ether oxygens (including phenoxy) is 1. The minimum atomic E-state index is -0.520. The highest BCUT2D eigenvalue weighted by atomic mass is 32.1. The van der Waals surface area contributed by atoms with Gasteiger partial charge in [0.2, 0.25) is 0 Å². The van der Waals surface area contributed by atoms with Crippen LogP contribution >= 0.6 is 11.3 Å². The van der Waals surface area contributed by atoms with Gasteiger partial charge in [0.25, 0.3) is 0 Å². The van der Waals surface area contributed by atoms with Crippen LogP contribution in [-0.4, -0.2) is 0 Å². The van der Waals surface area contributed by atoms with E-state index in [0.717, 1.165) is 50.5 Å². The van der Waals surface area contributed by atoms with Crippen LogP contribution in [0.5, 0.6) is 11.5 Å². The molecule has 11 aromatic rings. The summed E-state index contributed by atoms with van der Waals surface area (Å²) in [6.07, 6.45) is 0. The van der Waals surface area contributed by atoms with E-state index < -0.39 is 5.41 Å². The molecule has 292 valence electrons. The molecule has 0 fully saturated rings. The van der Waals surface area contributed by atoms with Crippen molar-refractivity contribution in [3.05, 3.63) is 221 Å². The number of thiophene rings is 1. The number of furan rings is 1. The molecule has 0 amide bonds. The quantitative estimate of drug-likeness (QED) is 0.178. The van der Waals surface area contributed by atoms with Gasteiger partial charge in [-0.1, -0.05) is 129 Å². The van der Waals surface area contributed by atoms with Gasteiger partial charge in [-0.25, -0.2) is 0 Å². The molecular weight excluding hydrogens is 775 g/mol. The summed E-state index contributed by atoms with van der Waals surface area (Å²) in [5.41, 5.74) is 17.3. The highest BCUT2D eigenvalue weighted by Gasteiger charge is 2.51. The molecule has 3 aliphatic rings. The maximum Gasteiger partial charge on any atom is 0.135 e. The zero-order valence-electron chi connectivity index (χ0n) is 34.1. The van der Waals surface area contributed by atoms with Crippen LogP contribution in [-0.2, 0) is 10.8 Å². The average molecular weight is 812 g/mol. The maximum absolute atomic E-state index is 6.65. The molecule has 1 aliphatic heterocycles. The first-order valence-electron chi connectivity index (χ1n) is 21.4. The van der Waals surface area contributed by atoms with Crippen molar-refractivity contribution in [2.45, 2.75) is 24.7 Å². The van der Waals surface area contributed by atoms with Crippen molar-refractivity contribution in [2.75, 3.05) is 4.90 Å².